The van der Waals surface area contributed by atoms with E-state index in [9.17, 15) is 0 Å². The molecule has 4 atom stereocenters. The van der Waals surface area contributed by atoms with E-state index in [1.54, 1.807) is 0 Å². The van der Waals surface area contributed by atoms with Gasteiger partial charge < -0.3 is 9.05 Å². The fourth-order valence-electron chi connectivity index (χ4n) is 7.51. The van der Waals surface area contributed by atoms with Crippen LogP contribution in [0, 0.1) is 5.92 Å². The van der Waals surface area contributed by atoms with Crippen molar-refractivity contribution in [3.63, 3.8) is 0 Å². The first-order valence-electron chi connectivity index (χ1n) is 15.3. The smallest absolute Gasteiger partial charge is 0.182 e. The Kier molecular flexibility index (Phi) is 5.95. The second-order valence-electron chi connectivity index (χ2n) is 12.5. The van der Waals surface area contributed by atoms with E-state index < -0.39 is 0 Å². The lowest BCUT2D eigenvalue weighted by Crippen LogP contribution is -2.59. The quantitative estimate of drug-likeness (QED) is 0.253. The highest BCUT2D eigenvalue weighted by molar-refractivity contribution is 5.80. The van der Waals surface area contributed by atoms with Gasteiger partial charge in [-0.25, -0.2) is 14.5 Å². The van der Waals surface area contributed by atoms with E-state index in [4.69, 9.17) is 18.7 Å². The van der Waals surface area contributed by atoms with Gasteiger partial charge in [-0.3, -0.25) is 15.2 Å². The summed E-state index contributed by atoms with van der Waals surface area (Å²) < 4.78 is 16.5. The van der Waals surface area contributed by atoms with Gasteiger partial charge in [-0.1, -0.05) is 32.6 Å². The average Bonchev–Trinajstić information content (AvgIpc) is 2.92. The van der Waals surface area contributed by atoms with Gasteiger partial charge in [-0.2, -0.15) is 0 Å². The summed E-state index contributed by atoms with van der Waals surface area (Å²) in [6.07, 6.45) is 15.0. The second-order valence-corrected chi connectivity index (χ2v) is 12.5. The molecule has 0 spiro atoms. The van der Waals surface area contributed by atoms with Crippen molar-refractivity contribution in [2.75, 3.05) is 10.5 Å². The lowest BCUT2D eigenvalue weighted by molar-refractivity contribution is -0.121. The third kappa shape index (κ3) is 4.18. The van der Waals surface area contributed by atoms with Gasteiger partial charge in [-0.05, 0) is 93.7 Å². The van der Waals surface area contributed by atoms with Crippen LogP contribution < -0.4 is 10.5 Å². The van der Waals surface area contributed by atoms with Crippen molar-refractivity contribution in [2.24, 2.45) is 5.92 Å². The summed E-state index contributed by atoms with van der Waals surface area (Å²) in [6.45, 7) is 2.30. The number of aromatic nitrogens is 2. The lowest BCUT2D eigenvalue weighted by Gasteiger charge is -2.50. The number of fused-ring (bicyclic) bond motifs is 3. The van der Waals surface area contributed by atoms with Crippen molar-refractivity contribution in [1.29, 1.82) is 0 Å². The first-order chi connectivity index (χ1) is 19.2. The second kappa shape index (κ2) is 9.66. The first kappa shape index (κ1) is 24.0. The van der Waals surface area contributed by atoms with Gasteiger partial charge in [-0.15, -0.1) is 0 Å². The van der Waals surface area contributed by atoms with Crippen LogP contribution in [-0.2, 0) is 9.68 Å². The molecule has 4 fully saturated rings. The molecular weight excluding hydrogens is 492 g/mol. The number of hydroxylamine groups is 1. The van der Waals surface area contributed by atoms with E-state index in [2.05, 4.69) is 51.2 Å². The summed E-state index contributed by atoms with van der Waals surface area (Å²) in [5.74, 6) is 0.607. The van der Waals surface area contributed by atoms with Gasteiger partial charge in [0.25, 0.3) is 0 Å². The van der Waals surface area contributed by atoms with Crippen LogP contribution in [0.1, 0.15) is 96.1 Å². The SMILES string of the molecule is CC1CCCCC1ONc1ccc2on(C3CCC(n4oc5ccc(N6OC7CCCCC76)cc54)CC3)c2c1. The van der Waals surface area contributed by atoms with Crippen molar-refractivity contribution in [1.82, 2.24) is 9.48 Å². The molecule has 3 heterocycles. The Labute approximate surface area is 229 Å². The van der Waals surface area contributed by atoms with Crippen molar-refractivity contribution < 1.29 is 18.7 Å². The van der Waals surface area contributed by atoms with Crippen molar-refractivity contribution in [2.45, 2.75) is 114 Å². The Bertz CT molecular complexity index is 1440. The molecular formula is C31H40N4O4. The highest BCUT2D eigenvalue weighted by Crippen LogP contribution is 2.43. The number of nitrogens with zero attached hydrogens (tertiary/aromatic N) is 3. The van der Waals surface area contributed by atoms with Gasteiger partial charge in [0.05, 0.1) is 35.6 Å². The molecule has 0 amide bonds. The summed E-state index contributed by atoms with van der Waals surface area (Å²) in [7, 11) is 0. The zero-order chi connectivity index (χ0) is 25.9. The third-order valence-corrected chi connectivity index (χ3v) is 9.93. The summed E-state index contributed by atoms with van der Waals surface area (Å²) in [5.41, 5.74) is 9.69. The largest absolute Gasteiger partial charge is 0.377 e. The molecule has 8 heteroatoms. The predicted octanol–water partition coefficient (Wildman–Crippen LogP) is 8.12. The summed E-state index contributed by atoms with van der Waals surface area (Å²) >= 11 is 0. The van der Waals surface area contributed by atoms with Crippen molar-refractivity contribution >= 4 is 33.6 Å². The molecule has 208 valence electrons. The van der Waals surface area contributed by atoms with E-state index in [1.165, 1.54) is 50.5 Å². The minimum absolute atomic E-state index is 0.292. The zero-order valence-electron chi connectivity index (χ0n) is 22.9. The van der Waals surface area contributed by atoms with Crippen molar-refractivity contribution in [3.05, 3.63) is 36.4 Å². The zero-order valence-corrected chi connectivity index (χ0v) is 22.9. The molecule has 4 aliphatic rings. The minimum Gasteiger partial charge on any atom is -0.377 e. The van der Waals surface area contributed by atoms with Crippen LogP contribution in [0.3, 0.4) is 0 Å². The van der Waals surface area contributed by atoms with Crippen LogP contribution in [0.5, 0.6) is 0 Å². The molecule has 39 heavy (non-hydrogen) atoms. The summed E-state index contributed by atoms with van der Waals surface area (Å²) in [5, 5.41) is 2.14. The molecule has 8 rings (SSSR count). The number of benzene rings is 2. The summed E-state index contributed by atoms with van der Waals surface area (Å²) in [4.78, 5) is 12.2. The molecule has 1 aliphatic heterocycles. The number of anilines is 2. The molecule has 8 nitrogen and oxygen atoms in total. The third-order valence-electron chi connectivity index (χ3n) is 9.93. The molecule has 2 aromatic heterocycles. The predicted molar refractivity (Wildman–Crippen MR) is 151 cm³/mol. The van der Waals surface area contributed by atoms with E-state index in [-0.39, 0.29) is 0 Å². The molecule has 0 bridgehead atoms. The van der Waals surface area contributed by atoms with Gasteiger partial charge in [0.2, 0.25) is 0 Å². The van der Waals surface area contributed by atoms with Crippen LogP contribution in [0.15, 0.2) is 45.4 Å². The minimum atomic E-state index is 0.292. The van der Waals surface area contributed by atoms with Gasteiger partial charge >= 0.3 is 0 Å². The molecule has 4 aromatic rings. The fraction of sp³-hybridized carbons (Fsp3) is 0.613. The maximum atomic E-state index is 6.12. The Hall–Kier alpha value is -2.84. The monoisotopic (exact) mass is 532 g/mol. The van der Waals surface area contributed by atoms with Gasteiger partial charge in [0, 0.05) is 0 Å². The Balaban J connectivity index is 0.914. The Morgan fingerprint density at radius 3 is 2.15 bits per heavy atom. The number of hydrogen-bond donors (Lipinski definition) is 1. The maximum absolute atomic E-state index is 6.12. The molecule has 4 unspecified atom stereocenters. The topological polar surface area (TPSA) is 69.9 Å². The normalized spacial score (nSPS) is 31.5. The average molecular weight is 533 g/mol. The first-order valence-corrected chi connectivity index (χ1v) is 15.3. The van der Waals surface area contributed by atoms with E-state index in [0.717, 1.165) is 60.2 Å². The van der Waals surface area contributed by atoms with E-state index in [1.807, 2.05) is 12.1 Å². The Morgan fingerprint density at radius 2 is 1.41 bits per heavy atom. The maximum Gasteiger partial charge on any atom is 0.182 e. The molecule has 3 saturated carbocycles. The van der Waals surface area contributed by atoms with Gasteiger partial charge in [0.15, 0.2) is 11.2 Å². The van der Waals surface area contributed by atoms with E-state index >= 15 is 0 Å². The molecule has 0 radical (unpaired) electrons. The lowest BCUT2D eigenvalue weighted by atomic mass is 9.88. The van der Waals surface area contributed by atoms with Crippen molar-refractivity contribution in [3.8, 4) is 0 Å². The van der Waals surface area contributed by atoms with Crippen LogP contribution >= 0.6 is 0 Å². The fourth-order valence-corrected chi connectivity index (χ4v) is 7.51. The highest BCUT2D eigenvalue weighted by atomic mass is 16.7. The summed E-state index contributed by atoms with van der Waals surface area (Å²) in [6, 6.07) is 14.1. The van der Waals surface area contributed by atoms with Crippen LogP contribution in [0.4, 0.5) is 11.4 Å². The van der Waals surface area contributed by atoms with Crippen LogP contribution in [-0.4, -0.2) is 27.7 Å². The molecule has 1 saturated heterocycles. The number of nitrogens with one attached hydrogen (secondary N) is 1. The standard InChI is InChI=1S/C31H40N4O4/c1-20-6-2-4-8-28(20)36-32-21-10-16-30-26(18-21)33(38-30)22-11-13-23(14-12-22)34-27-19-24(15-17-31(27)39-34)35-25-7-3-5-9-29(25)37-35/h10,15-20,22-23,25,28-29,32H,2-9,11-14H2,1H3. The highest BCUT2D eigenvalue weighted by Gasteiger charge is 2.42. The molecule has 2 aromatic carbocycles. The van der Waals surface area contributed by atoms with E-state index in [0.29, 0.717) is 36.3 Å². The number of rotatable bonds is 6. The van der Waals surface area contributed by atoms with Crippen LogP contribution in [0.2, 0.25) is 0 Å². The van der Waals surface area contributed by atoms with Crippen LogP contribution in [0.25, 0.3) is 22.2 Å². The molecule has 3 aliphatic carbocycles. The molecule has 1 N–H and O–H groups in total. The van der Waals surface area contributed by atoms with Gasteiger partial charge in [0.1, 0.15) is 17.1 Å². The number of hydrogen-bond acceptors (Lipinski definition) is 6. The Morgan fingerprint density at radius 1 is 0.744 bits per heavy atom.